The molecule has 0 amide bonds. The predicted octanol–water partition coefficient (Wildman–Crippen LogP) is 5.09. The van der Waals surface area contributed by atoms with E-state index in [1.807, 2.05) is 18.5 Å². The van der Waals surface area contributed by atoms with Crippen LogP contribution in [0.1, 0.15) is 16.7 Å². The van der Waals surface area contributed by atoms with E-state index in [-0.39, 0.29) is 0 Å². The second-order valence-corrected chi connectivity index (χ2v) is 6.85. The molecule has 5 rings (SSSR count). The average Bonchev–Trinajstić information content (AvgIpc) is 3.12. The minimum Gasteiger partial charge on any atom is -0.493 e. The summed E-state index contributed by atoms with van der Waals surface area (Å²) in [6.07, 6.45) is 2.67. The summed E-state index contributed by atoms with van der Waals surface area (Å²) in [5.74, 6) is 1.51. The molecule has 1 aromatic heterocycles. The third-order valence-electron chi connectivity index (χ3n) is 4.81. The summed E-state index contributed by atoms with van der Waals surface area (Å²) in [4.78, 5) is 6.63. The number of nitrogens with zero attached hydrogens (tertiary/aromatic N) is 2. The molecule has 0 bridgehead atoms. The summed E-state index contributed by atoms with van der Waals surface area (Å²) in [5.41, 5.74) is 5.21. The minimum atomic E-state index is 0.612. The monoisotopic (exact) mass is 348 g/mol. The molecule has 0 saturated heterocycles. The van der Waals surface area contributed by atoms with Crippen molar-refractivity contribution in [3.63, 3.8) is 0 Å². The van der Waals surface area contributed by atoms with Crippen molar-refractivity contribution >= 4 is 41.1 Å². The van der Waals surface area contributed by atoms with Crippen molar-refractivity contribution in [2.75, 3.05) is 11.5 Å². The van der Waals surface area contributed by atoms with E-state index in [0.717, 1.165) is 44.5 Å². The molecule has 5 heteroatoms. The van der Waals surface area contributed by atoms with Gasteiger partial charge in [-0.3, -0.25) is 0 Å². The Morgan fingerprint density at radius 1 is 1.08 bits per heavy atom. The van der Waals surface area contributed by atoms with Gasteiger partial charge in [-0.25, -0.2) is 4.99 Å². The van der Waals surface area contributed by atoms with Crippen LogP contribution in [0, 0.1) is 11.4 Å². The summed E-state index contributed by atoms with van der Waals surface area (Å²) in [7, 11) is 0. The normalized spacial score (nSPS) is 15.2. The van der Waals surface area contributed by atoms with Crippen LogP contribution < -0.4 is 9.64 Å². The van der Waals surface area contributed by atoms with E-state index in [0.29, 0.717) is 19.0 Å². The maximum Gasteiger partial charge on any atom is 0.227 e. The molecule has 2 aliphatic heterocycles. The number of aryl methyl sites for hydroxylation is 1. The molecule has 0 spiro atoms. The first-order valence-corrected chi connectivity index (χ1v) is 8.73. The molecule has 0 saturated carbocycles. The van der Waals surface area contributed by atoms with Gasteiger partial charge in [-0.2, -0.15) is 0 Å². The van der Waals surface area contributed by atoms with Gasteiger partial charge in [0.1, 0.15) is 11.3 Å². The first-order chi connectivity index (χ1) is 12.2. The highest BCUT2D eigenvalue weighted by atomic mass is 32.1. The summed E-state index contributed by atoms with van der Waals surface area (Å²) in [6.45, 7) is 3.43. The molecule has 124 valence electrons. The van der Waals surface area contributed by atoms with Crippen LogP contribution in [0.15, 0.2) is 45.8 Å². The maximum absolute atomic E-state index is 6.14. The number of benzene rings is 2. The first-order valence-electron chi connectivity index (χ1n) is 8.32. The van der Waals surface area contributed by atoms with Crippen LogP contribution in [0.25, 0.3) is 11.0 Å². The van der Waals surface area contributed by atoms with Gasteiger partial charge in [0.05, 0.1) is 29.6 Å². The Labute approximate surface area is 150 Å². The Morgan fingerprint density at radius 2 is 1.92 bits per heavy atom. The van der Waals surface area contributed by atoms with Gasteiger partial charge in [-0.1, -0.05) is 29.9 Å². The van der Waals surface area contributed by atoms with Crippen molar-refractivity contribution in [2.24, 2.45) is 4.99 Å². The number of rotatable bonds is 1. The predicted molar refractivity (Wildman–Crippen MR) is 102 cm³/mol. The van der Waals surface area contributed by atoms with Crippen LogP contribution in [0.2, 0.25) is 0 Å². The minimum absolute atomic E-state index is 0.612. The lowest BCUT2D eigenvalue weighted by Crippen LogP contribution is -2.23. The SMILES string of the molecule is Cc1ccc(N2C=Nc3oc4c5c(ccc4c(=S)c3C2)OCC5)cc1. The molecule has 25 heavy (non-hydrogen) atoms. The summed E-state index contributed by atoms with van der Waals surface area (Å²) in [5, 5.41) is 0.971. The Morgan fingerprint density at radius 3 is 2.76 bits per heavy atom. The molecule has 4 nitrogen and oxygen atoms in total. The number of hydrogen-bond donors (Lipinski definition) is 0. The fraction of sp³-hybridized carbons (Fsp3) is 0.200. The largest absolute Gasteiger partial charge is 0.493 e. The van der Waals surface area contributed by atoms with Crippen LogP contribution in [0.4, 0.5) is 11.6 Å². The highest BCUT2D eigenvalue weighted by Crippen LogP contribution is 2.38. The molecule has 2 aromatic carbocycles. The van der Waals surface area contributed by atoms with Crippen molar-refractivity contribution in [3.05, 3.63) is 57.6 Å². The Hall–Kier alpha value is -2.66. The maximum atomic E-state index is 6.14. The lowest BCUT2D eigenvalue weighted by molar-refractivity contribution is 0.357. The summed E-state index contributed by atoms with van der Waals surface area (Å²) >= 11 is 5.77. The van der Waals surface area contributed by atoms with E-state index in [1.165, 1.54) is 5.56 Å². The van der Waals surface area contributed by atoms with E-state index < -0.39 is 0 Å². The Kier molecular flexibility index (Phi) is 3.18. The number of aliphatic imine (C=N–C) groups is 1. The van der Waals surface area contributed by atoms with Crippen LogP contribution in [0.3, 0.4) is 0 Å². The molecule has 0 radical (unpaired) electrons. The van der Waals surface area contributed by atoms with E-state index in [1.54, 1.807) is 0 Å². The van der Waals surface area contributed by atoms with Gasteiger partial charge in [0, 0.05) is 23.1 Å². The zero-order valence-corrected chi connectivity index (χ0v) is 14.6. The number of ether oxygens (including phenoxy) is 1. The number of hydrogen-bond acceptors (Lipinski definition) is 5. The quantitative estimate of drug-likeness (QED) is 0.574. The lowest BCUT2D eigenvalue weighted by Gasteiger charge is -2.24. The van der Waals surface area contributed by atoms with Gasteiger partial charge in [0.15, 0.2) is 0 Å². The molecule has 3 heterocycles. The molecule has 3 aromatic rings. The lowest BCUT2D eigenvalue weighted by atomic mass is 10.1. The highest BCUT2D eigenvalue weighted by Gasteiger charge is 2.23. The van der Waals surface area contributed by atoms with Crippen molar-refractivity contribution in [1.29, 1.82) is 0 Å². The van der Waals surface area contributed by atoms with Gasteiger partial charge < -0.3 is 14.1 Å². The van der Waals surface area contributed by atoms with Gasteiger partial charge >= 0.3 is 0 Å². The van der Waals surface area contributed by atoms with Crippen molar-refractivity contribution in [1.82, 2.24) is 0 Å². The van der Waals surface area contributed by atoms with Crippen molar-refractivity contribution < 1.29 is 9.15 Å². The van der Waals surface area contributed by atoms with Gasteiger partial charge in [-0.05, 0) is 31.2 Å². The summed E-state index contributed by atoms with van der Waals surface area (Å²) < 4.78 is 12.6. The van der Waals surface area contributed by atoms with Crippen LogP contribution >= 0.6 is 12.2 Å². The second-order valence-electron chi connectivity index (χ2n) is 6.44. The third-order valence-corrected chi connectivity index (χ3v) is 5.28. The standard InChI is InChI=1S/C20H16N2O2S/c1-12-2-4-13(5-3-12)22-10-16-19(25)15-6-7-17-14(8-9-23-17)18(15)24-20(16)21-11-22/h2-7,11H,8-10H2,1H3. The van der Waals surface area contributed by atoms with Crippen LogP contribution in [-0.4, -0.2) is 12.9 Å². The molecular formula is C20H16N2O2S. The molecular weight excluding hydrogens is 332 g/mol. The molecule has 0 unspecified atom stereocenters. The first kappa shape index (κ1) is 14.7. The molecule has 0 aliphatic carbocycles. The molecule has 0 N–H and O–H groups in total. The smallest absolute Gasteiger partial charge is 0.227 e. The summed E-state index contributed by atoms with van der Waals surface area (Å²) in [6, 6.07) is 12.4. The van der Waals surface area contributed by atoms with E-state index >= 15 is 0 Å². The zero-order valence-electron chi connectivity index (χ0n) is 13.8. The van der Waals surface area contributed by atoms with Gasteiger partial charge in [-0.15, -0.1) is 0 Å². The van der Waals surface area contributed by atoms with E-state index in [4.69, 9.17) is 21.4 Å². The zero-order chi connectivity index (χ0) is 17.0. The van der Waals surface area contributed by atoms with Gasteiger partial charge in [0.25, 0.3) is 0 Å². The molecule has 0 atom stereocenters. The van der Waals surface area contributed by atoms with Crippen LogP contribution in [0.5, 0.6) is 5.75 Å². The Bertz CT molecular complexity index is 1080. The average molecular weight is 348 g/mol. The second kappa shape index (κ2) is 5.43. The number of fused-ring (bicyclic) bond motifs is 4. The topological polar surface area (TPSA) is 38.0 Å². The van der Waals surface area contributed by atoms with Crippen LogP contribution in [-0.2, 0) is 13.0 Å². The van der Waals surface area contributed by atoms with Gasteiger partial charge in [0.2, 0.25) is 5.88 Å². The highest BCUT2D eigenvalue weighted by molar-refractivity contribution is 7.71. The Balaban J connectivity index is 1.64. The number of anilines is 1. The van der Waals surface area contributed by atoms with E-state index in [9.17, 15) is 0 Å². The molecule has 0 fully saturated rings. The van der Waals surface area contributed by atoms with Crippen molar-refractivity contribution in [3.8, 4) is 5.75 Å². The fourth-order valence-corrected chi connectivity index (χ4v) is 3.74. The molecule has 2 aliphatic rings. The third kappa shape index (κ3) is 2.27. The fourth-order valence-electron chi connectivity index (χ4n) is 3.43. The van der Waals surface area contributed by atoms with E-state index in [2.05, 4.69) is 41.1 Å². The van der Waals surface area contributed by atoms with Crippen molar-refractivity contribution in [2.45, 2.75) is 19.9 Å².